The van der Waals surface area contributed by atoms with Crippen LogP contribution in [0.2, 0.25) is 0 Å². The van der Waals surface area contributed by atoms with Crippen LogP contribution >= 0.6 is 22.9 Å². The second-order valence-electron chi connectivity index (χ2n) is 2.08. The van der Waals surface area contributed by atoms with E-state index in [9.17, 15) is 0 Å². The molecule has 0 bridgehead atoms. The topological polar surface area (TPSA) is 29.3 Å². The number of rotatable bonds is 1. The first kappa shape index (κ1) is 5.78. The van der Waals surface area contributed by atoms with Crippen LogP contribution in [0.1, 0.15) is 12.8 Å². The standard InChI is InChI=1S/C4H9IN2/c1-7(5)4(6)2-3-4/h2-3,6H2,1H3. The predicted octanol–water partition coefficient (Wildman–Crippen LogP) is 0.717. The summed E-state index contributed by atoms with van der Waals surface area (Å²) < 4.78 is 2.05. The van der Waals surface area contributed by atoms with Crippen molar-refractivity contribution in [3.05, 3.63) is 0 Å². The Hall–Kier alpha value is 0.650. The maximum absolute atomic E-state index is 5.71. The lowest BCUT2D eigenvalue weighted by molar-refractivity contribution is 0.431. The van der Waals surface area contributed by atoms with Gasteiger partial charge in [-0.25, -0.2) is 3.11 Å². The molecule has 0 saturated heterocycles. The third-order valence-electron chi connectivity index (χ3n) is 1.38. The summed E-state index contributed by atoms with van der Waals surface area (Å²) in [5.74, 6) is 0. The molecule has 0 heterocycles. The summed E-state index contributed by atoms with van der Waals surface area (Å²) >= 11 is 2.22. The molecule has 0 amide bonds. The van der Waals surface area contributed by atoms with Crippen LogP contribution in [-0.2, 0) is 0 Å². The second-order valence-corrected chi connectivity index (χ2v) is 3.53. The average Bonchev–Trinajstić information content (AvgIpc) is 2.21. The number of hydrogen-bond donors (Lipinski definition) is 1. The molecule has 3 heteroatoms. The van der Waals surface area contributed by atoms with Crippen molar-refractivity contribution in [1.82, 2.24) is 3.11 Å². The molecule has 0 spiro atoms. The molecule has 0 radical (unpaired) electrons. The van der Waals surface area contributed by atoms with E-state index in [0.717, 1.165) is 12.8 Å². The highest BCUT2D eigenvalue weighted by atomic mass is 127. The van der Waals surface area contributed by atoms with Gasteiger partial charge in [0, 0.05) is 22.9 Å². The van der Waals surface area contributed by atoms with E-state index in [4.69, 9.17) is 5.73 Å². The van der Waals surface area contributed by atoms with Crippen molar-refractivity contribution in [2.24, 2.45) is 5.73 Å². The Kier molecular flexibility index (Phi) is 1.29. The molecule has 0 atom stereocenters. The Morgan fingerprint density at radius 2 is 2.14 bits per heavy atom. The van der Waals surface area contributed by atoms with E-state index in [1.54, 1.807) is 0 Å². The first-order valence-corrected chi connectivity index (χ1v) is 3.30. The molecule has 1 fully saturated rings. The molecule has 0 unspecified atom stereocenters. The zero-order valence-electron chi connectivity index (χ0n) is 4.32. The fourth-order valence-corrected chi connectivity index (χ4v) is 0.919. The predicted molar refractivity (Wildman–Crippen MR) is 37.9 cm³/mol. The van der Waals surface area contributed by atoms with Crippen molar-refractivity contribution in [2.75, 3.05) is 7.05 Å². The largest absolute Gasteiger partial charge is 0.313 e. The van der Waals surface area contributed by atoms with E-state index in [-0.39, 0.29) is 5.66 Å². The molecule has 0 aliphatic heterocycles. The van der Waals surface area contributed by atoms with Crippen molar-refractivity contribution < 1.29 is 0 Å². The molecule has 42 valence electrons. The molecule has 1 rings (SSSR count). The lowest BCUT2D eigenvalue weighted by Crippen LogP contribution is -2.34. The highest BCUT2D eigenvalue weighted by molar-refractivity contribution is 14.1. The van der Waals surface area contributed by atoms with E-state index >= 15 is 0 Å². The molecule has 2 nitrogen and oxygen atoms in total. The molecule has 0 aromatic rings. The highest BCUT2D eigenvalue weighted by Gasteiger charge is 2.41. The monoisotopic (exact) mass is 212 g/mol. The third kappa shape index (κ3) is 1.06. The van der Waals surface area contributed by atoms with Gasteiger partial charge in [-0.1, -0.05) is 0 Å². The summed E-state index contributed by atoms with van der Waals surface area (Å²) in [5, 5.41) is 0. The van der Waals surface area contributed by atoms with Gasteiger partial charge in [-0.05, 0) is 19.9 Å². The summed E-state index contributed by atoms with van der Waals surface area (Å²) in [4.78, 5) is 0. The Morgan fingerprint density at radius 1 is 1.71 bits per heavy atom. The van der Waals surface area contributed by atoms with Gasteiger partial charge >= 0.3 is 0 Å². The van der Waals surface area contributed by atoms with Gasteiger partial charge in [-0.2, -0.15) is 0 Å². The van der Waals surface area contributed by atoms with Gasteiger partial charge in [0.25, 0.3) is 0 Å². The molecular formula is C4H9IN2. The van der Waals surface area contributed by atoms with Gasteiger partial charge in [0.2, 0.25) is 0 Å². The van der Waals surface area contributed by atoms with Crippen LogP contribution < -0.4 is 5.73 Å². The molecular weight excluding hydrogens is 203 g/mol. The SMILES string of the molecule is CN(I)C1(N)CC1. The quantitative estimate of drug-likeness (QED) is 0.394. The van der Waals surface area contributed by atoms with Gasteiger partial charge in [-0.3, -0.25) is 0 Å². The Bertz CT molecular complexity index is 77.8. The van der Waals surface area contributed by atoms with Crippen LogP contribution in [0.15, 0.2) is 0 Å². The summed E-state index contributed by atoms with van der Waals surface area (Å²) in [5.41, 5.74) is 5.78. The van der Waals surface area contributed by atoms with Crippen molar-refractivity contribution in [3.8, 4) is 0 Å². The van der Waals surface area contributed by atoms with Crippen molar-refractivity contribution >= 4 is 22.9 Å². The zero-order chi connectivity index (χ0) is 5.49. The van der Waals surface area contributed by atoms with E-state index < -0.39 is 0 Å². The van der Waals surface area contributed by atoms with Gasteiger partial charge in [0.1, 0.15) is 0 Å². The third-order valence-corrected chi connectivity index (χ3v) is 2.34. The lowest BCUT2D eigenvalue weighted by atomic mass is 10.5. The average molecular weight is 212 g/mol. The maximum Gasteiger partial charge on any atom is 0.0776 e. The van der Waals surface area contributed by atoms with Gasteiger partial charge in [-0.15, -0.1) is 0 Å². The fraction of sp³-hybridized carbons (Fsp3) is 1.00. The van der Waals surface area contributed by atoms with Crippen LogP contribution in [-0.4, -0.2) is 15.8 Å². The summed E-state index contributed by atoms with van der Waals surface area (Å²) in [6, 6.07) is 0. The summed E-state index contributed by atoms with van der Waals surface area (Å²) in [7, 11) is 2.01. The smallest absolute Gasteiger partial charge is 0.0776 e. The number of halogens is 1. The van der Waals surface area contributed by atoms with Crippen molar-refractivity contribution in [2.45, 2.75) is 18.5 Å². The van der Waals surface area contributed by atoms with E-state index in [0.29, 0.717) is 0 Å². The van der Waals surface area contributed by atoms with Crippen LogP contribution in [0.25, 0.3) is 0 Å². The highest BCUT2D eigenvalue weighted by Crippen LogP contribution is 2.36. The Balaban J connectivity index is 2.39. The molecule has 0 aromatic heterocycles. The maximum atomic E-state index is 5.71. The molecule has 1 aliphatic rings. The normalized spacial score (nSPS) is 25.7. The number of nitrogens with two attached hydrogens (primary N) is 1. The van der Waals surface area contributed by atoms with Gasteiger partial charge < -0.3 is 5.73 Å². The summed E-state index contributed by atoms with van der Waals surface area (Å²) in [6.07, 6.45) is 2.32. The van der Waals surface area contributed by atoms with Crippen molar-refractivity contribution in [1.29, 1.82) is 0 Å². The minimum atomic E-state index is 0.0700. The first-order valence-electron chi connectivity index (χ1n) is 2.34. The molecule has 0 aromatic carbocycles. The van der Waals surface area contributed by atoms with Crippen LogP contribution in [0.3, 0.4) is 0 Å². The fourth-order valence-electron chi connectivity index (χ4n) is 0.436. The second kappa shape index (κ2) is 1.56. The number of nitrogens with zero attached hydrogens (tertiary/aromatic N) is 1. The van der Waals surface area contributed by atoms with E-state index in [1.807, 2.05) is 10.2 Å². The Labute approximate surface area is 57.5 Å². The van der Waals surface area contributed by atoms with Crippen LogP contribution in [0.4, 0.5) is 0 Å². The van der Waals surface area contributed by atoms with Crippen molar-refractivity contribution in [3.63, 3.8) is 0 Å². The van der Waals surface area contributed by atoms with Crippen LogP contribution in [0.5, 0.6) is 0 Å². The summed E-state index contributed by atoms with van der Waals surface area (Å²) in [6.45, 7) is 0. The number of hydrogen-bond acceptors (Lipinski definition) is 2. The molecule has 2 N–H and O–H groups in total. The van der Waals surface area contributed by atoms with Gasteiger partial charge in [0.05, 0.1) is 5.66 Å². The zero-order valence-corrected chi connectivity index (χ0v) is 6.47. The van der Waals surface area contributed by atoms with Gasteiger partial charge in [0.15, 0.2) is 0 Å². The van der Waals surface area contributed by atoms with Crippen LogP contribution in [0, 0.1) is 0 Å². The molecule has 7 heavy (non-hydrogen) atoms. The van der Waals surface area contributed by atoms with E-state index in [1.165, 1.54) is 0 Å². The minimum Gasteiger partial charge on any atom is -0.313 e. The molecule has 1 aliphatic carbocycles. The van der Waals surface area contributed by atoms with E-state index in [2.05, 4.69) is 22.9 Å². The Morgan fingerprint density at radius 3 is 2.14 bits per heavy atom. The first-order chi connectivity index (χ1) is 3.15. The lowest BCUT2D eigenvalue weighted by Gasteiger charge is -2.14. The minimum absolute atomic E-state index is 0.0700. The molecule has 1 saturated carbocycles.